The minimum Gasteiger partial charge on any atom is -0.542 e. The molecule has 0 fully saturated rings. The first-order valence-corrected chi connectivity index (χ1v) is 4.83. The van der Waals surface area contributed by atoms with Gasteiger partial charge in [0, 0.05) is 13.8 Å². The molecule has 21 heavy (non-hydrogen) atoms. The van der Waals surface area contributed by atoms with E-state index in [4.69, 9.17) is 0 Å². The van der Waals surface area contributed by atoms with Gasteiger partial charge in [-0.15, -0.1) is 0 Å². The molecule has 0 aliphatic rings. The number of carboxylic acid groups (broad SMARTS) is 2. The van der Waals surface area contributed by atoms with Crippen LogP contribution in [-0.4, -0.2) is 48.7 Å². The molecule has 0 N–H and O–H groups in total. The number of esters is 2. The van der Waals surface area contributed by atoms with Crippen molar-refractivity contribution in [3.8, 4) is 0 Å². The predicted molar refractivity (Wildman–Crippen MR) is 53.3 cm³/mol. The van der Waals surface area contributed by atoms with E-state index in [9.17, 15) is 39.0 Å². The molecule has 0 rings (SSSR count). The number of ketones is 2. The largest absolute Gasteiger partial charge is 2.00 e. The molecule has 121 valence electrons. The van der Waals surface area contributed by atoms with Gasteiger partial charge in [-0.25, -0.2) is 0 Å². The summed E-state index contributed by atoms with van der Waals surface area (Å²) in [6, 6.07) is 0. The van der Waals surface area contributed by atoms with Crippen molar-refractivity contribution in [1.82, 2.24) is 0 Å². The number of rotatable bonds is 6. The summed E-state index contributed by atoms with van der Waals surface area (Å²) < 4.78 is 8.11. The first-order chi connectivity index (χ1) is 9.07. The minimum absolute atomic E-state index is 0. The van der Waals surface area contributed by atoms with E-state index in [1.165, 1.54) is 0 Å². The van der Waals surface area contributed by atoms with Crippen LogP contribution in [0.4, 0.5) is 0 Å². The van der Waals surface area contributed by atoms with Crippen LogP contribution in [0.5, 0.6) is 0 Å². The number of hydrogen-bond acceptors (Lipinski definition) is 10. The second-order valence-electron chi connectivity index (χ2n) is 2.98. The van der Waals surface area contributed by atoms with Crippen LogP contribution >= 0.6 is 0 Å². The maximum absolute atomic E-state index is 10.1. The smallest absolute Gasteiger partial charge is 0.542 e. The molecule has 0 saturated heterocycles. The summed E-state index contributed by atoms with van der Waals surface area (Å²) in [6.07, 6.45) is 0. The fourth-order valence-electron chi connectivity index (χ4n) is 0.452. The van der Waals surface area contributed by atoms with Crippen molar-refractivity contribution in [3.63, 3.8) is 0 Å². The van der Waals surface area contributed by atoms with Gasteiger partial charge in [-0.05, 0) is 0 Å². The summed E-state index contributed by atoms with van der Waals surface area (Å²) in [5.74, 6) is -7.57. The first kappa shape index (κ1) is 23.8. The summed E-state index contributed by atoms with van der Waals surface area (Å²) in [6.45, 7) is 0.639. The fraction of sp³-hybridized carbons (Fsp3) is 0.400. The molecule has 1 radical (unpaired) electrons. The Kier molecular flexibility index (Phi) is 14.5. The second-order valence-corrected chi connectivity index (χ2v) is 2.98. The summed E-state index contributed by atoms with van der Waals surface area (Å²) in [5, 5.41) is 19.3. The zero-order valence-corrected chi connectivity index (χ0v) is 11.7. The van der Waals surface area contributed by atoms with Crippen molar-refractivity contribution in [2.24, 2.45) is 0 Å². The van der Waals surface area contributed by atoms with Gasteiger partial charge in [-0.3, -0.25) is 19.2 Å². The normalized spacial score (nSPS) is 8.10. The van der Waals surface area contributed by atoms with E-state index in [-0.39, 0.29) is 17.1 Å². The van der Waals surface area contributed by atoms with Gasteiger partial charge in [0.1, 0.15) is 11.9 Å². The predicted octanol–water partition coefficient (Wildman–Crippen LogP) is -4.27. The molecule has 0 spiro atoms. The Labute approximate surface area is 128 Å². The molecule has 0 aliphatic heterocycles. The first-order valence-electron chi connectivity index (χ1n) is 4.83. The molecule has 0 heterocycles. The maximum Gasteiger partial charge on any atom is 2.00 e. The van der Waals surface area contributed by atoms with E-state index in [0.717, 1.165) is 13.8 Å². The van der Waals surface area contributed by atoms with Crippen molar-refractivity contribution < 1.29 is 65.5 Å². The Bertz CT molecular complexity index is 388. The van der Waals surface area contributed by atoms with Crippen molar-refractivity contribution in [1.29, 1.82) is 0 Å². The van der Waals surface area contributed by atoms with Gasteiger partial charge in [0.15, 0.2) is 13.2 Å². The van der Waals surface area contributed by atoms with Crippen LogP contribution in [0.25, 0.3) is 0 Å². The third kappa shape index (κ3) is 17.7. The number of ether oxygens (including phenoxy) is 2. The quantitative estimate of drug-likeness (QED) is 0.259. The van der Waals surface area contributed by atoms with Gasteiger partial charge in [0.2, 0.25) is 11.6 Å². The van der Waals surface area contributed by atoms with Crippen LogP contribution in [0.3, 0.4) is 0 Å². The number of Topliss-reactive ketones (excluding diaryl/α,β-unsaturated/α-hetero) is 2. The van der Waals surface area contributed by atoms with Crippen LogP contribution in [0.2, 0.25) is 0 Å². The number of carbonyl (C=O) groups excluding carboxylic acids is 6. The van der Waals surface area contributed by atoms with Crippen LogP contribution < -0.4 is 10.2 Å². The van der Waals surface area contributed by atoms with Crippen molar-refractivity contribution in [3.05, 3.63) is 0 Å². The summed E-state index contributed by atoms with van der Waals surface area (Å²) in [5.41, 5.74) is 0. The van der Waals surface area contributed by atoms with Gasteiger partial charge in [0.05, 0.1) is 0 Å². The Morgan fingerprint density at radius 1 is 0.714 bits per heavy atom. The van der Waals surface area contributed by atoms with Crippen LogP contribution in [0.1, 0.15) is 13.8 Å². The molecular formula is C10H10CuO10. The second kappa shape index (κ2) is 12.8. The minimum atomic E-state index is -1.85. The van der Waals surface area contributed by atoms with E-state index in [0.29, 0.717) is 0 Å². The monoisotopic (exact) mass is 353 g/mol. The molecule has 0 aromatic rings. The van der Waals surface area contributed by atoms with E-state index < -0.39 is 48.7 Å². The van der Waals surface area contributed by atoms with E-state index in [1.807, 2.05) is 0 Å². The average molecular weight is 354 g/mol. The Morgan fingerprint density at radius 2 is 0.952 bits per heavy atom. The molecular weight excluding hydrogens is 344 g/mol. The zero-order valence-electron chi connectivity index (χ0n) is 10.8. The van der Waals surface area contributed by atoms with Crippen molar-refractivity contribution in [2.75, 3.05) is 13.2 Å². The molecule has 0 unspecified atom stereocenters. The number of carbonyl (C=O) groups is 6. The Balaban J connectivity index is -0.000000295. The molecule has 0 aromatic carbocycles. The summed E-state index contributed by atoms with van der Waals surface area (Å²) in [4.78, 5) is 59.5. The van der Waals surface area contributed by atoms with Crippen molar-refractivity contribution >= 4 is 35.4 Å². The SMILES string of the molecule is CC(=O)OCC(=O)C(=O)[O-].CC(=O)OCC(=O)C(=O)[O-].[Cu+2]. The Morgan fingerprint density at radius 3 is 1.10 bits per heavy atom. The number of carboxylic acids is 2. The van der Waals surface area contributed by atoms with Gasteiger partial charge in [0.25, 0.3) is 0 Å². The van der Waals surface area contributed by atoms with Gasteiger partial charge >= 0.3 is 29.0 Å². The van der Waals surface area contributed by atoms with Crippen LogP contribution in [0.15, 0.2) is 0 Å². The molecule has 0 aliphatic carbocycles. The van der Waals surface area contributed by atoms with E-state index >= 15 is 0 Å². The summed E-state index contributed by atoms with van der Waals surface area (Å²) >= 11 is 0. The third-order valence-corrected chi connectivity index (χ3v) is 1.27. The molecule has 0 saturated carbocycles. The van der Waals surface area contributed by atoms with Gasteiger partial charge in [-0.2, -0.15) is 0 Å². The topological polar surface area (TPSA) is 167 Å². The third-order valence-electron chi connectivity index (χ3n) is 1.27. The number of aliphatic carboxylic acids is 2. The Hall–Kier alpha value is -2.26. The van der Waals surface area contributed by atoms with Gasteiger partial charge < -0.3 is 29.3 Å². The molecule has 0 aromatic heterocycles. The van der Waals surface area contributed by atoms with Crippen LogP contribution in [-0.2, 0) is 55.3 Å². The summed E-state index contributed by atoms with van der Waals surface area (Å²) in [7, 11) is 0. The van der Waals surface area contributed by atoms with Crippen molar-refractivity contribution in [2.45, 2.75) is 13.8 Å². The van der Waals surface area contributed by atoms with Gasteiger partial charge in [-0.1, -0.05) is 0 Å². The molecule has 11 heteroatoms. The average Bonchev–Trinajstić information content (AvgIpc) is 2.33. The van der Waals surface area contributed by atoms with E-state index in [2.05, 4.69) is 9.47 Å². The standard InChI is InChI=1S/2C5H6O5.Cu/c2*1-3(6)10-2-4(7)5(8)9;/h2*2H2,1H3,(H,8,9);/q;;+2/p-2. The molecule has 0 bridgehead atoms. The van der Waals surface area contributed by atoms with Crippen LogP contribution in [0, 0.1) is 0 Å². The maximum atomic E-state index is 10.1. The number of hydrogen-bond donors (Lipinski definition) is 0. The fourth-order valence-corrected chi connectivity index (χ4v) is 0.452. The molecule has 0 amide bonds. The molecule has 10 nitrogen and oxygen atoms in total. The van der Waals surface area contributed by atoms with E-state index in [1.54, 1.807) is 0 Å². The zero-order chi connectivity index (χ0) is 16.3. The molecule has 0 atom stereocenters.